The summed E-state index contributed by atoms with van der Waals surface area (Å²) in [5.41, 5.74) is 0.838. The zero-order chi connectivity index (χ0) is 15.4. The molecular weight excluding hydrogens is 302 g/mol. The molecule has 0 amide bonds. The van der Waals surface area contributed by atoms with Crippen molar-refractivity contribution in [3.05, 3.63) is 35.1 Å². The first-order valence-electron chi connectivity index (χ1n) is 7.69. The summed E-state index contributed by atoms with van der Waals surface area (Å²) in [5.74, 6) is 1.20. The molecule has 6 heteroatoms. The molecule has 1 N–H and O–H groups in total. The normalized spacial score (nSPS) is 18.9. The summed E-state index contributed by atoms with van der Waals surface area (Å²) in [6, 6.07) is 7.92. The molecular formula is C16H20ClN3O2. The topological polar surface area (TPSA) is 62.4 Å². The first-order valence-corrected chi connectivity index (χ1v) is 8.07. The van der Waals surface area contributed by atoms with Crippen molar-refractivity contribution in [2.45, 2.75) is 38.3 Å². The van der Waals surface area contributed by atoms with E-state index in [0.717, 1.165) is 24.9 Å². The third-order valence-corrected chi connectivity index (χ3v) is 4.31. The average molecular weight is 322 g/mol. The lowest BCUT2D eigenvalue weighted by Gasteiger charge is -2.22. The number of aliphatic hydroxyl groups excluding tert-OH is 1. The van der Waals surface area contributed by atoms with Crippen LogP contribution in [0.3, 0.4) is 0 Å². The molecule has 0 aliphatic carbocycles. The fraction of sp³-hybridized carbons (Fsp3) is 0.500. The van der Waals surface area contributed by atoms with Crippen molar-refractivity contribution in [2.24, 2.45) is 0 Å². The summed E-state index contributed by atoms with van der Waals surface area (Å²) >= 11 is 5.99. The van der Waals surface area contributed by atoms with E-state index in [1.54, 1.807) is 0 Å². The number of aromatic nitrogens is 2. The van der Waals surface area contributed by atoms with Gasteiger partial charge >= 0.3 is 0 Å². The van der Waals surface area contributed by atoms with E-state index in [1.165, 1.54) is 12.8 Å². The molecule has 0 bridgehead atoms. The number of hydrogen-bond acceptors (Lipinski definition) is 5. The Kier molecular flexibility index (Phi) is 5.08. The summed E-state index contributed by atoms with van der Waals surface area (Å²) in [6.45, 7) is 2.00. The van der Waals surface area contributed by atoms with E-state index >= 15 is 0 Å². The summed E-state index contributed by atoms with van der Waals surface area (Å²) in [6.07, 6.45) is 4.24. The molecule has 1 atom stereocenters. The zero-order valence-electron chi connectivity index (χ0n) is 12.4. The highest BCUT2D eigenvalue weighted by Crippen LogP contribution is 2.24. The third-order valence-electron chi connectivity index (χ3n) is 4.08. The van der Waals surface area contributed by atoms with Gasteiger partial charge in [0.2, 0.25) is 0 Å². The summed E-state index contributed by atoms with van der Waals surface area (Å²) in [5, 5.41) is 13.7. The first kappa shape index (κ1) is 15.5. The van der Waals surface area contributed by atoms with E-state index in [9.17, 15) is 0 Å². The van der Waals surface area contributed by atoms with Gasteiger partial charge in [0.05, 0.1) is 6.54 Å². The number of likely N-dealkylation sites (tertiary alicyclic amines) is 1. The minimum absolute atomic E-state index is 0.255. The molecule has 5 nitrogen and oxygen atoms in total. The number of halogens is 1. The SMILES string of the molecule is OCCCC1CCCN1Cc1noc(-c2cccc(Cl)c2)n1. The Balaban J connectivity index is 1.66. The number of nitrogens with zero attached hydrogens (tertiary/aromatic N) is 3. The van der Waals surface area contributed by atoms with E-state index in [2.05, 4.69) is 15.0 Å². The first-order chi connectivity index (χ1) is 10.8. The summed E-state index contributed by atoms with van der Waals surface area (Å²) in [4.78, 5) is 6.85. The maximum Gasteiger partial charge on any atom is 0.258 e. The van der Waals surface area contributed by atoms with Crippen molar-refractivity contribution in [1.82, 2.24) is 15.0 Å². The van der Waals surface area contributed by atoms with Crippen LogP contribution in [0.4, 0.5) is 0 Å². The molecule has 0 saturated carbocycles. The molecule has 1 aliphatic rings. The molecule has 1 fully saturated rings. The van der Waals surface area contributed by atoms with Crippen LogP contribution in [0.2, 0.25) is 5.02 Å². The largest absolute Gasteiger partial charge is 0.396 e. The molecule has 2 heterocycles. The molecule has 1 aromatic carbocycles. The predicted molar refractivity (Wildman–Crippen MR) is 84.5 cm³/mol. The van der Waals surface area contributed by atoms with E-state index < -0.39 is 0 Å². The fourth-order valence-electron chi connectivity index (χ4n) is 3.00. The fourth-order valence-corrected chi connectivity index (χ4v) is 3.19. The Hall–Kier alpha value is -1.43. The van der Waals surface area contributed by atoms with Crippen LogP contribution in [0, 0.1) is 0 Å². The molecule has 2 aromatic rings. The number of aliphatic hydroxyl groups is 1. The molecule has 1 unspecified atom stereocenters. The highest BCUT2D eigenvalue weighted by molar-refractivity contribution is 6.30. The molecule has 118 valence electrons. The Bertz CT molecular complexity index is 617. The van der Waals surface area contributed by atoms with Crippen LogP contribution in [0.15, 0.2) is 28.8 Å². The maximum atomic E-state index is 8.99. The Labute approximate surface area is 134 Å². The highest BCUT2D eigenvalue weighted by Gasteiger charge is 2.25. The van der Waals surface area contributed by atoms with E-state index in [0.29, 0.717) is 29.3 Å². The molecule has 3 rings (SSSR count). The van der Waals surface area contributed by atoms with E-state index in [1.807, 2.05) is 24.3 Å². The van der Waals surface area contributed by atoms with Crippen LogP contribution in [0.25, 0.3) is 11.5 Å². The quantitative estimate of drug-likeness (QED) is 0.885. The number of benzene rings is 1. The van der Waals surface area contributed by atoms with Gasteiger partial charge in [-0.1, -0.05) is 22.8 Å². The van der Waals surface area contributed by atoms with Gasteiger partial charge in [-0.25, -0.2) is 0 Å². The molecule has 1 aliphatic heterocycles. The minimum Gasteiger partial charge on any atom is -0.396 e. The maximum absolute atomic E-state index is 8.99. The third kappa shape index (κ3) is 3.66. The average Bonchev–Trinajstić information content (AvgIpc) is 3.15. The van der Waals surface area contributed by atoms with Gasteiger partial charge < -0.3 is 9.63 Å². The second-order valence-corrected chi connectivity index (χ2v) is 6.09. The van der Waals surface area contributed by atoms with Gasteiger partial charge in [0.1, 0.15) is 0 Å². The van der Waals surface area contributed by atoms with Gasteiger partial charge in [-0.3, -0.25) is 4.90 Å². The van der Waals surface area contributed by atoms with Crippen LogP contribution in [-0.2, 0) is 6.54 Å². The molecule has 0 spiro atoms. The van der Waals surface area contributed by atoms with Crippen molar-refractivity contribution in [1.29, 1.82) is 0 Å². The van der Waals surface area contributed by atoms with Gasteiger partial charge in [-0.2, -0.15) is 4.98 Å². The molecule has 0 radical (unpaired) electrons. The van der Waals surface area contributed by atoms with Crippen molar-refractivity contribution in [2.75, 3.05) is 13.2 Å². The van der Waals surface area contributed by atoms with E-state index in [4.69, 9.17) is 21.2 Å². The van der Waals surface area contributed by atoms with Crippen LogP contribution >= 0.6 is 11.6 Å². The Morgan fingerprint density at radius 2 is 2.32 bits per heavy atom. The molecule has 22 heavy (non-hydrogen) atoms. The van der Waals surface area contributed by atoms with Gasteiger partial charge in [0.15, 0.2) is 5.82 Å². The van der Waals surface area contributed by atoms with Crippen molar-refractivity contribution < 1.29 is 9.63 Å². The second kappa shape index (κ2) is 7.22. The van der Waals surface area contributed by atoms with Crippen molar-refractivity contribution in [3.63, 3.8) is 0 Å². The number of hydrogen-bond donors (Lipinski definition) is 1. The molecule has 1 saturated heterocycles. The lowest BCUT2D eigenvalue weighted by Crippen LogP contribution is -2.29. The van der Waals surface area contributed by atoms with Crippen LogP contribution in [0.1, 0.15) is 31.5 Å². The van der Waals surface area contributed by atoms with E-state index in [-0.39, 0.29) is 6.61 Å². The minimum atomic E-state index is 0.255. The zero-order valence-corrected chi connectivity index (χ0v) is 13.2. The van der Waals surface area contributed by atoms with Crippen molar-refractivity contribution >= 4 is 11.6 Å². The monoisotopic (exact) mass is 321 g/mol. The Morgan fingerprint density at radius 1 is 1.41 bits per heavy atom. The smallest absolute Gasteiger partial charge is 0.258 e. The van der Waals surface area contributed by atoms with Gasteiger partial charge in [-0.05, 0) is 50.4 Å². The lowest BCUT2D eigenvalue weighted by atomic mass is 10.1. The molecule has 1 aromatic heterocycles. The second-order valence-electron chi connectivity index (χ2n) is 5.66. The summed E-state index contributed by atoms with van der Waals surface area (Å²) < 4.78 is 5.35. The van der Waals surface area contributed by atoms with Gasteiger partial charge in [0.25, 0.3) is 5.89 Å². The lowest BCUT2D eigenvalue weighted by molar-refractivity contribution is 0.204. The predicted octanol–water partition coefficient (Wildman–Crippen LogP) is 3.13. The van der Waals surface area contributed by atoms with Crippen LogP contribution in [0.5, 0.6) is 0 Å². The van der Waals surface area contributed by atoms with Crippen LogP contribution in [-0.4, -0.2) is 39.3 Å². The Morgan fingerprint density at radius 3 is 3.14 bits per heavy atom. The summed E-state index contributed by atoms with van der Waals surface area (Å²) in [7, 11) is 0. The standard InChI is InChI=1S/C16H20ClN3O2/c17-13-5-1-4-12(10-13)16-18-15(19-22-16)11-20-8-2-6-14(20)7-3-9-21/h1,4-5,10,14,21H,2-3,6-9,11H2. The van der Waals surface area contributed by atoms with Crippen LogP contribution < -0.4 is 0 Å². The van der Waals surface area contributed by atoms with Crippen molar-refractivity contribution in [3.8, 4) is 11.5 Å². The van der Waals surface area contributed by atoms with Gasteiger partial charge in [-0.15, -0.1) is 0 Å². The van der Waals surface area contributed by atoms with Gasteiger partial charge in [0, 0.05) is 23.2 Å². The highest BCUT2D eigenvalue weighted by atomic mass is 35.5. The number of rotatable bonds is 6.